The summed E-state index contributed by atoms with van der Waals surface area (Å²) in [5.41, 5.74) is 6.65. The van der Waals surface area contributed by atoms with E-state index in [1.54, 1.807) is 24.3 Å². The van der Waals surface area contributed by atoms with Crippen LogP contribution in [0.25, 0.3) is 0 Å². The number of aliphatic hydroxyl groups is 1. The SMILES string of the molecule is C[C@@H](O)[C@H](NC(=O)[C@@H](N)Cc1ccccc1)C(=O)N[C@@H](CCC(=O)O)C(=O)O. The highest BCUT2D eigenvalue weighted by Crippen LogP contribution is 2.04. The molecule has 0 aliphatic heterocycles. The molecule has 0 unspecified atom stereocenters. The fraction of sp³-hybridized carbons (Fsp3) is 0.444. The summed E-state index contributed by atoms with van der Waals surface area (Å²) in [4.78, 5) is 46.4. The van der Waals surface area contributed by atoms with Crippen molar-refractivity contribution in [3.05, 3.63) is 35.9 Å². The van der Waals surface area contributed by atoms with Gasteiger partial charge in [-0.25, -0.2) is 4.79 Å². The van der Waals surface area contributed by atoms with Crippen molar-refractivity contribution in [3.63, 3.8) is 0 Å². The van der Waals surface area contributed by atoms with Gasteiger partial charge in [-0.05, 0) is 25.3 Å². The van der Waals surface area contributed by atoms with Crippen molar-refractivity contribution in [1.29, 1.82) is 0 Å². The molecule has 0 aliphatic rings. The summed E-state index contributed by atoms with van der Waals surface area (Å²) in [5, 5.41) is 32.0. The molecule has 2 amide bonds. The number of carboxylic acid groups (broad SMARTS) is 2. The monoisotopic (exact) mass is 395 g/mol. The second-order valence-corrected chi connectivity index (χ2v) is 6.35. The number of aliphatic hydroxyl groups excluding tert-OH is 1. The van der Waals surface area contributed by atoms with E-state index in [2.05, 4.69) is 10.6 Å². The predicted molar refractivity (Wildman–Crippen MR) is 98.2 cm³/mol. The Morgan fingerprint density at radius 3 is 2.14 bits per heavy atom. The van der Waals surface area contributed by atoms with Gasteiger partial charge in [-0.1, -0.05) is 30.3 Å². The lowest BCUT2D eigenvalue weighted by atomic mass is 10.0. The van der Waals surface area contributed by atoms with E-state index in [-0.39, 0.29) is 12.8 Å². The Morgan fingerprint density at radius 2 is 1.64 bits per heavy atom. The Hall–Kier alpha value is -2.98. The third-order valence-electron chi connectivity index (χ3n) is 3.96. The van der Waals surface area contributed by atoms with Gasteiger partial charge in [0.05, 0.1) is 12.1 Å². The number of carbonyl (C=O) groups excluding carboxylic acids is 2. The van der Waals surface area contributed by atoms with Gasteiger partial charge < -0.3 is 31.7 Å². The molecular weight excluding hydrogens is 370 g/mol. The molecule has 10 nitrogen and oxygen atoms in total. The van der Waals surface area contributed by atoms with Gasteiger partial charge in [0, 0.05) is 6.42 Å². The lowest BCUT2D eigenvalue weighted by molar-refractivity contribution is -0.144. The standard InChI is InChI=1S/C18H25N3O7/c1-10(22)15(17(26)20-13(18(27)28)7-8-14(23)24)21-16(25)12(19)9-11-5-3-2-4-6-11/h2-6,10,12-13,15,22H,7-9,19H2,1H3,(H,20,26)(H,21,25)(H,23,24)(H,27,28)/t10-,12+,13+,15+/m1/s1. The van der Waals surface area contributed by atoms with Crippen LogP contribution in [0.3, 0.4) is 0 Å². The summed E-state index contributed by atoms with van der Waals surface area (Å²) in [6.07, 6.45) is -1.94. The minimum absolute atomic E-state index is 0.206. The van der Waals surface area contributed by atoms with Gasteiger partial charge >= 0.3 is 11.9 Å². The molecule has 1 aromatic carbocycles. The highest BCUT2D eigenvalue weighted by atomic mass is 16.4. The summed E-state index contributed by atoms with van der Waals surface area (Å²) in [5.74, 6) is -4.28. The lowest BCUT2D eigenvalue weighted by Gasteiger charge is -2.24. The number of amides is 2. The number of nitrogens with two attached hydrogens (primary N) is 1. The average Bonchev–Trinajstić information content (AvgIpc) is 2.62. The summed E-state index contributed by atoms with van der Waals surface area (Å²) in [6.45, 7) is 1.25. The number of hydrogen-bond donors (Lipinski definition) is 6. The first-order valence-corrected chi connectivity index (χ1v) is 8.64. The largest absolute Gasteiger partial charge is 0.481 e. The molecule has 0 aromatic heterocycles. The van der Waals surface area contributed by atoms with Gasteiger partial charge in [-0.15, -0.1) is 0 Å². The van der Waals surface area contributed by atoms with Crippen LogP contribution in [0.5, 0.6) is 0 Å². The normalized spacial score (nSPS) is 15.0. The number of aliphatic carboxylic acids is 2. The second-order valence-electron chi connectivity index (χ2n) is 6.35. The van der Waals surface area contributed by atoms with Crippen LogP contribution in [-0.4, -0.2) is 63.3 Å². The van der Waals surface area contributed by atoms with E-state index < -0.39 is 54.4 Å². The molecule has 0 radical (unpaired) electrons. The fourth-order valence-corrected chi connectivity index (χ4v) is 2.41. The number of carboxylic acids is 2. The molecule has 4 atom stereocenters. The van der Waals surface area contributed by atoms with E-state index >= 15 is 0 Å². The smallest absolute Gasteiger partial charge is 0.326 e. The zero-order valence-electron chi connectivity index (χ0n) is 15.4. The highest BCUT2D eigenvalue weighted by Gasteiger charge is 2.31. The van der Waals surface area contributed by atoms with Crippen molar-refractivity contribution >= 4 is 23.8 Å². The van der Waals surface area contributed by atoms with Crippen LogP contribution < -0.4 is 16.4 Å². The number of rotatable bonds is 11. The Labute approximate surface area is 161 Å². The summed E-state index contributed by atoms with van der Waals surface area (Å²) in [7, 11) is 0. The van der Waals surface area contributed by atoms with Crippen molar-refractivity contribution in [3.8, 4) is 0 Å². The minimum Gasteiger partial charge on any atom is -0.481 e. The number of nitrogens with one attached hydrogen (secondary N) is 2. The molecule has 1 aromatic rings. The Balaban J connectivity index is 2.74. The summed E-state index contributed by atoms with van der Waals surface area (Å²) < 4.78 is 0. The van der Waals surface area contributed by atoms with Crippen LogP contribution in [0.2, 0.25) is 0 Å². The second kappa shape index (κ2) is 11.0. The van der Waals surface area contributed by atoms with Crippen LogP contribution in [0.1, 0.15) is 25.3 Å². The topological polar surface area (TPSA) is 179 Å². The Bertz CT molecular complexity index is 694. The number of carbonyl (C=O) groups is 4. The lowest BCUT2D eigenvalue weighted by Crippen LogP contribution is -2.58. The molecule has 0 fully saturated rings. The first kappa shape index (κ1) is 23.1. The van der Waals surface area contributed by atoms with E-state index in [1.165, 1.54) is 6.92 Å². The zero-order valence-corrected chi connectivity index (χ0v) is 15.4. The van der Waals surface area contributed by atoms with Crippen molar-refractivity contribution < 1.29 is 34.5 Å². The van der Waals surface area contributed by atoms with Crippen molar-refractivity contribution in [1.82, 2.24) is 10.6 Å². The van der Waals surface area contributed by atoms with E-state index in [9.17, 15) is 24.3 Å². The van der Waals surface area contributed by atoms with Gasteiger partial charge in [0.1, 0.15) is 12.1 Å². The molecule has 1 rings (SSSR count). The van der Waals surface area contributed by atoms with E-state index in [1.807, 2.05) is 6.07 Å². The van der Waals surface area contributed by atoms with Crippen LogP contribution in [0.15, 0.2) is 30.3 Å². The number of benzene rings is 1. The van der Waals surface area contributed by atoms with Crippen LogP contribution >= 0.6 is 0 Å². The zero-order chi connectivity index (χ0) is 21.3. The molecule has 7 N–H and O–H groups in total. The minimum atomic E-state index is -1.47. The third-order valence-corrected chi connectivity index (χ3v) is 3.96. The third kappa shape index (κ3) is 7.72. The molecular formula is C18H25N3O7. The van der Waals surface area contributed by atoms with Crippen LogP contribution in [0, 0.1) is 0 Å². The van der Waals surface area contributed by atoms with E-state index in [0.29, 0.717) is 0 Å². The molecule has 0 aliphatic carbocycles. The Morgan fingerprint density at radius 1 is 1.04 bits per heavy atom. The van der Waals surface area contributed by atoms with E-state index in [4.69, 9.17) is 15.9 Å². The molecule has 28 heavy (non-hydrogen) atoms. The molecule has 0 saturated heterocycles. The predicted octanol–water partition coefficient (Wildman–Crippen LogP) is -1.14. The Kier molecular flexibility index (Phi) is 9.06. The van der Waals surface area contributed by atoms with Gasteiger partial charge in [0.2, 0.25) is 11.8 Å². The maximum Gasteiger partial charge on any atom is 0.326 e. The van der Waals surface area contributed by atoms with Gasteiger partial charge in [0.15, 0.2) is 0 Å². The van der Waals surface area contributed by atoms with Crippen LogP contribution in [-0.2, 0) is 25.6 Å². The molecule has 10 heteroatoms. The van der Waals surface area contributed by atoms with Crippen LogP contribution in [0.4, 0.5) is 0 Å². The summed E-state index contributed by atoms with van der Waals surface area (Å²) >= 11 is 0. The van der Waals surface area contributed by atoms with Crippen molar-refractivity contribution in [2.45, 2.75) is 50.4 Å². The van der Waals surface area contributed by atoms with Gasteiger partial charge in [-0.2, -0.15) is 0 Å². The molecule has 154 valence electrons. The number of hydrogen-bond acceptors (Lipinski definition) is 6. The molecule has 0 saturated carbocycles. The fourth-order valence-electron chi connectivity index (χ4n) is 2.41. The molecule has 0 spiro atoms. The maximum atomic E-state index is 12.3. The van der Waals surface area contributed by atoms with Gasteiger partial charge in [-0.3, -0.25) is 14.4 Å². The van der Waals surface area contributed by atoms with Crippen molar-refractivity contribution in [2.24, 2.45) is 5.73 Å². The highest BCUT2D eigenvalue weighted by molar-refractivity contribution is 5.92. The van der Waals surface area contributed by atoms with Crippen molar-refractivity contribution in [2.75, 3.05) is 0 Å². The molecule has 0 bridgehead atoms. The van der Waals surface area contributed by atoms with Gasteiger partial charge in [0.25, 0.3) is 0 Å². The maximum absolute atomic E-state index is 12.3. The summed E-state index contributed by atoms with van der Waals surface area (Å²) in [6, 6.07) is 5.05. The first-order chi connectivity index (χ1) is 13.1. The molecule has 0 heterocycles. The van der Waals surface area contributed by atoms with E-state index in [0.717, 1.165) is 5.56 Å². The quantitative estimate of drug-likeness (QED) is 0.272. The first-order valence-electron chi connectivity index (χ1n) is 8.64. The average molecular weight is 395 g/mol.